The summed E-state index contributed by atoms with van der Waals surface area (Å²) in [6.45, 7) is 4.31. The smallest absolute Gasteiger partial charge is 0.277 e. The molecule has 0 bridgehead atoms. The van der Waals surface area contributed by atoms with Gasteiger partial charge in [0.25, 0.3) is 5.91 Å². The molecule has 39 heavy (non-hydrogen) atoms. The molecule has 200 valence electrons. The maximum atomic E-state index is 14.1. The predicted molar refractivity (Wildman–Crippen MR) is 150 cm³/mol. The Labute approximate surface area is 228 Å². The van der Waals surface area contributed by atoms with E-state index in [9.17, 15) is 9.59 Å². The number of aryl methyl sites for hydroxylation is 1. The second kappa shape index (κ2) is 10.6. The molecular weight excluding hydrogens is 492 g/mol. The first-order valence-corrected chi connectivity index (χ1v) is 12.9. The molecule has 2 amide bonds. The van der Waals surface area contributed by atoms with Crippen molar-refractivity contribution >= 4 is 17.5 Å². The highest BCUT2D eigenvalue weighted by molar-refractivity contribution is 6.12. The third-order valence-electron chi connectivity index (χ3n) is 7.24. The highest BCUT2D eigenvalue weighted by atomic mass is 16.5. The summed E-state index contributed by atoms with van der Waals surface area (Å²) in [6.07, 6.45) is 0.812. The number of nitrogens with zero attached hydrogens (tertiary/aromatic N) is 3. The fourth-order valence-electron chi connectivity index (χ4n) is 5.02. The molecular formula is C31H32N4O4. The van der Waals surface area contributed by atoms with Crippen LogP contribution in [0.25, 0.3) is 11.3 Å². The van der Waals surface area contributed by atoms with Crippen LogP contribution in [-0.4, -0.2) is 41.4 Å². The number of anilines is 1. The van der Waals surface area contributed by atoms with Gasteiger partial charge in [-0.1, -0.05) is 37.3 Å². The lowest BCUT2D eigenvalue weighted by atomic mass is 9.93. The highest BCUT2D eigenvalue weighted by Gasteiger charge is 2.49. The quantitative estimate of drug-likeness (QED) is 0.356. The van der Waals surface area contributed by atoms with Crippen LogP contribution in [0.1, 0.15) is 35.5 Å². The van der Waals surface area contributed by atoms with Gasteiger partial charge in [-0.15, -0.1) is 0 Å². The van der Waals surface area contributed by atoms with Crippen LogP contribution in [0.3, 0.4) is 0 Å². The SMILES string of the molecule is CCc1cccc(N2C(=O)c3cc(-c4ccc(OC)cc4)nn3C[C@]2(C)C(=O)NCc2ccccc2OC)c1. The van der Waals surface area contributed by atoms with Crippen LogP contribution in [0.2, 0.25) is 0 Å². The molecule has 8 nitrogen and oxygen atoms in total. The topological polar surface area (TPSA) is 85.7 Å². The van der Waals surface area contributed by atoms with Gasteiger partial charge in [0.15, 0.2) is 0 Å². The standard InChI is InChI=1S/C31H32N4O4/c1-5-21-9-8-11-24(17-21)35-29(36)27-18-26(22-13-15-25(38-3)16-14-22)33-34(27)20-31(35,2)30(37)32-19-23-10-6-7-12-28(23)39-4/h6-18H,5,19-20H2,1-4H3,(H,32,37)/t31-/m1/s1. The number of benzene rings is 3. The van der Waals surface area contributed by atoms with Crippen LogP contribution in [0, 0.1) is 0 Å². The normalized spacial score (nSPS) is 16.5. The van der Waals surface area contributed by atoms with Crippen molar-refractivity contribution in [2.24, 2.45) is 0 Å². The molecule has 3 aromatic carbocycles. The number of fused-ring (bicyclic) bond motifs is 1. The minimum Gasteiger partial charge on any atom is -0.497 e. The first-order chi connectivity index (χ1) is 18.9. The van der Waals surface area contributed by atoms with E-state index >= 15 is 0 Å². The van der Waals surface area contributed by atoms with E-state index in [2.05, 4.69) is 12.2 Å². The maximum absolute atomic E-state index is 14.1. The number of hydrogen-bond donors (Lipinski definition) is 1. The van der Waals surface area contributed by atoms with E-state index in [1.165, 1.54) is 0 Å². The van der Waals surface area contributed by atoms with E-state index in [0.717, 1.165) is 28.9 Å². The van der Waals surface area contributed by atoms with Gasteiger partial charge < -0.3 is 14.8 Å². The number of aromatic nitrogens is 2. The number of ether oxygens (including phenoxy) is 2. The molecule has 0 saturated carbocycles. The van der Waals surface area contributed by atoms with Gasteiger partial charge in [0.1, 0.15) is 22.7 Å². The minimum atomic E-state index is -1.23. The van der Waals surface area contributed by atoms with Gasteiger partial charge in [-0.3, -0.25) is 19.2 Å². The molecule has 0 radical (unpaired) electrons. The van der Waals surface area contributed by atoms with Crippen LogP contribution < -0.4 is 19.7 Å². The zero-order chi connectivity index (χ0) is 27.6. The summed E-state index contributed by atoms with van der Waals surface area (Å²) >= 11 is 0. The molecule has 5 rings (SSSR count). The number of carbonyl (C=O) groups is 2. The molecule has 8 heteroatoms. The van der Waals surface area contributed by atoms with E-state index in [-0.39, 0.29) is 24.9 Å². The molecule has 1 aromatic heterocycles. The fourth-order valence-corrected chi connectivity index (χ4v) is 5.02. The van der Waals surface area contributed by atoms with E-state index in [4.69, 9.17) is 14.6 Å². The lowest BCUT2D eigenvalue weighted by Gasteiger charge is -2.43. The summed E-state index contributed by atoms with van der Waals surface area (Å²) in [7, 11) is 3.22. The highest BCUT2D eigenvalue weighted by Crippen LogP contribution is 2.35. The van der Waals surface area contributed by atoms with Gasteiger partial charge in [0.2, 0.25) is 5.91 Å². The zero-order valence-electron chi connectivity index (χ0n) is 22.6. The average molecular weight is 525 g/mol. The van der Waals surface area contributed by atoms with Gasteiger partial charge in [-0.2, -0.15) is 5.10 Å². The molecule has 1 N–H and O–H groups in total. The zero-order valence-corrected chi connectivity index (χ0v) is 22.6. The molecule has 1 aliphatic heterocycles. The number of carbonyl (C=O) groups excluding carboxylic acids is 2. The number of hydrogen-bond acceptors (Lipinski definition) is 5. The molecule has 1 atom stereocenters. The van der Waals surface area contributed by atoms with Crippen LogP contribution in [0.15, 0.2) is 78.9 Å². The third-order valence-corrected chi connectivity index (χ3v) is 7.24. The molecule has 0 spiro atoms. The number of para-hydroxylation sites is 1. The van der Waals surface area contributed by atoms with Crippen molar-refractivity contribution in [2.75, 3.05) is 19.1 Å². The first-order valence-electron chi connectivity index (χ1n) is 12.9. The van der Waals surface area contributed by atoms with Crippen molar-refractivity contribution in [3.05, 3.63) is 95.7 Å². The van der Waals surface area contributed by atoms with Crippen molar-refractivity contribution in [1.82, 2.24) is 15.1 Å². The van der Waals surface area contributed by atoms with Crippen LogP contribution in [-0.2, 0) is 24.3 Å². The predicted octanol–water partition coefficient (Wildman–Crippen LogP) is 4.87. The maximum Gasteiger partial charge on any atom is 0.277 e. The first kappa shape index (κ1) is 26.0. The van der Waals surface area contributed by atoms with Crippen LogP contribution in [0.4, 0.5) is 5.69 Å². The molecule has 2 heterocycles. The Kier molecular flexibility index (Phi) is 7.11. The van der Waals surface area contributed by atoms with E-state index in [1.54, 1.807) is 36.8 Å². The Morgan fingerprint density at radius 1 is 1.00 bits per heavy atom. The summed E-state index contributed by atoms with van der Waals surface area (Å²) in [6, 6.07) is 24.6. The minimum absolute atomic E-state index is 0.193. The molecule has 0 aliphatic carbocycles. The molecule has 0 unspecified atom stereocenters. The Balaban J connectivity index is 1.54. The molecule has 4 aromatic rings. The Morgan fingerprint density at radius 3 is 2.49 bits per heavy atom. The summed E-state index contributed by atoms with van der Waals surface area (Å²) in [5.41, 5.74) is 3.30. The van der Waals surface area contributed by atoms with E-state index < -0.39 is 5.54 Å². The van der Waals surface area contributed by atoms with Gasteiger partial charge >= 0.3 is 0 Å². The van der Waals surface area contributed by atoms with Crippen molar-refractivity contribution in [3.63, 3.8) is 0 Å². The van der Waals surface area contributed by atoms with Crippen LogP contribution in [0.5, 0.6) is 11.5 Å². The van der Waals surface area contributed by atoms with Gasteiger partial charge in [-0.25, -0.2) is 0 Å². The van der Waals surface area contributed by atoms with Crippen molar-refractivity contribution in [1.29, 1.82) is 0 Å². The number of amides is 2. The second-order valence-electron chi connectivity index (χ2n) is 9.73. The van der Waals surface area contributed by atoms with Crippen molar-refractivity contribution in [3.8, 4) is 22.8 Å². The molecule has 0 fully saturated rings. The number of methoxy groups -OCH3 is 2. The largest absolute Gasteiger partial charge is 0.497 e. The summed E-state index contributed by atoms with van der Waals surface area (Å²) in [5, 5.41) is 7.79. The Hall–Kier alpha value is -4.59. The number of nitrogens with one attached hydrogen (secondary N) is 1. The molecule has 0 saturated heterocycles. The van der Waals surface area contributed by atoms with Gasteiger partial charge in [0, 0.05) is 23.4 Å². The van der Waals surface area contributed by atoms with Crippen molar-refractivity contribution in [2.45, 2.75) is 38.9 Å². The summed E-state index contributed by atoms with van der Waals surface area (Å²) < 4.78 is 12.4. The Bertz CT molecular complexity index is 1510. The lowest BCUT2D eigenvalue weighted by Crippen LogP contribution is -2.64. The summed E-state index contributed by atoms with van der Waals surface area (Å²) in [5.74, 6) is 0.862. The van der Waals surface area contributed by atoms with E-state index in [1.807, 2.05) is 72.8 Å². The second-order valence-corrected chi connectivity index (χ2v) is 9.73. The third kappa shape index (κ3) is 4.85. The molecule has 1 aliphatic rings. The summed E-state index contributed by atoms with van der Waals surface area (Å²) in [4.78, 5) is 29.6. The van der Waals surface area contributed by atoms with Gasteiger partial charge in [-0.05, 0) is 67.4 Å². The van der Waals surface area contributed by atoms with E-state index in [0.29, 0.717) is 22.8 Å². The lowest BCUT2D eigenvalue weighted by molar-refractivity contribution is -0.126. The fraction of sp³-hybridized carbons (Fsp3) is 0.258. The Morgan fingerprint density at radius 2 is 1.77 bits per heavy atom. The number of rotatable bonds is 8. The van der Waals surface area contributed by atoms with Crippen molar-refractivity contribution < 1.29 is 19.1 Å². The average Bonchev–Trinajstić information content (AvgIpc) is 3.40. The van der Waals surface area contributed by atoms with Crippen LogP contribution >= 0.6 is 0 Å². The monoisotopic (exact) mass is 524 g/mol. The van der Waals surface area contributed by atoms with Gasteiger partial charge in [0.05, 0.1) is 26.5 Å².